The van der Waals surface area contributed by atoms with Crippen LogP contribution in [0.4, 0.5) is 34.1 Å². The summed E-state index contributed by atoms with van der Waals surface area (Å²) in [4.78, 5) is 13.3. The number of fused-ring (bicyclic) bond motifs is 12. The first-order valence-corrected chi connectivity index (χ1v) is 28.0. The molecule has 1 aliphatic rings. The van der Waals surface area contributed by atoms with Crippen LogP contribution in [0.15, 0.2) is 286 Å². The van der Waals surface area contributed by atoms with Crippen LogP contribution in [0.5, 0.6) is 0 Å². The van der Waals surface area contributed by atoms with E-state index in [9.17, 15) is 0 Å². The maximum Gasteiger partial charge on any atom is 0.211 e. The van der Waals surface area contributed by atoms with E-state index in [-0.39, 0.29) is 0 Å². The van der Waals surface area contributed by atoms with Gasteiger partial charge in [-0.15, -0.1) is 0 Å². The number of para-hydroxylation sites is 1. The van der Waals surface area contributed by atoms with Gasteiger partial charge < -0.3 is 27.5 Å². The molecule has 396 valence electrons. The second kappa shape index (κ2) is 19.1. The van der Waals surface area contributed by atoms with E-state index < -0.39 is 0 Å². The molecule has 1 aliphatic heterocycles. The van der Waals surface area contributed by atoms with Crippen LogP contribution in [0.1, 0.15) is 11.3 Å². The van der Waals surface area contributed by atoms with Crippen molar-refractivity contribution in [3.63, 3.8) is 0 Å². The molecule has 9 aromatic carbocycles. The lowest BCUT2D eigenvalue weighted by molar-refractivity contribution is -0.686. The van der Waals surface area contributed by atoms with E-state index in [0.29, 0.717) is 6.54 Å². The second-order valence-electron chi connectivity index (χ2n) is 21.3. The lowest BCUT2D eigenvalue weighted by Gasteiger charge is -2.28. The van der Waals surface area contributed by atoms with E-state index in [4.69, 9.17) is 17.7 Å². The highest BCUT2D eigenvalue weighted by Gasteiger charge is 2.27. The number of nitrogens with zero attached hydrogens (tertiary/aromatic N) is 6. The van der Waals surface area contributed by atoms with Gasteiger partial charge in [-0.25, -0.2) is 0 Å². The minimum atomic E-state index is 0.589. The van der Waals surface area contributed by atoms with Gasteiger partial charge in [-0.2, -0.15) is 5.01 Å². The Morgan fingerprint density at radius 1 is 0.369 bits per heavy atom. The van der Waals surface area contributed by atoms with Crippen molar-refractivity contribution < 1.29 is 22.3 Å². The van der Waals surface area contributed by atoms with Crippen molar-refractivity contribution in [2.75, 3.05) is 14.8 Å². The van der Waals surface area contributed by atoms with Gasteiger partial charge in [0, 0.05) is 133 Å². The predicted molar refractivity (Wildman–Crippen MR) is 337 cm³/mol. The van der Waals surface area contributed by atoms with Gasteiger partial charge in [0.15, 0.2) is 0 Å². The van der Waals surface area contributed by atoms with Crippen LogP contribution in [0.2, 0.25) is 0 Å². The van der Waals surface area contributed by atoms with E-state index in [1.54, 1.807) is 12.4 Å². The van der Waals surface area contributed by atoms with Gasteiger partial charge in [0.05, 0.1) is 17.3 Å². The molecule has 84 heavy (non-hydrogen) atoms. The fraction of sp³-hybridized carbons (Fsp3) is 0.0135. The number of rotatable bonds is 10. The van der Waals surface area contributed by atoms with E-state index in [0.717, 1.165) is 139 Å². The summed E-state index contributed by atoms with van der Waals surface area (Å²) < 4.78 is 28.5. The molecule has 0 saturated carbocycles. The molecule has 0 saturated heterocycles. The molecule has 0 amide bonds. The van der Waals surface area contributed by atoms with E-state index in [2.05, 4.69) is 254 Å². The van der Waals surface area contributed by atoms with Gasteiger partial charge in [0.1, 0.15) is 51.4 Å². The zero-order valence-electron chi connectivity index (χ0n) is 45.0. The molecular weight excluding hydrogens is 1040 g/mol. The molecule has 8 heterocycles. The van der Waals surface area contributed by atoms with Crippen molar-refractivity contribution >= 4 is 117 Å². The molecule has 10 heteroatoms. The Morgan fingerprint density at radius 2 is 0.833 bits per heavy atom. The molecule has 0 N–H and O–H groups in total. The number of hydrogen-bond acceptors (Lipinski definition) is 9. The summed E-state index contributed by atoms with van der Waals surface area (Å²) in [6, 6.07) is 78.7. The molecule has 7 aromatic heterocycles. The number of benzene rings is 9. The van der Waals surface area contributed by atoms with E-state index >= 15 is 0 Å². The maximum atomic E-state index is 6.77. The minimum absolute atomic E-state index is 0.589. The number of pyridine rings is 3. The summed E-state index contributed by atoms with van der Waals surface area (Å²) >= 11 is 0. The molecule has 17 rings (SSSR count). The summed E-state index contributed by atoms with van der Waals surface area (Å²) in [5, 5.41) is 9.26. The van der Waals surface area contributed by atoms with Crippen molar-refractivity contribution in [2.24, 2.45) is 0 Å². The van der Waals surface area contributed by atoms with Crippen molar-refractivity contribution in [2.45, 2.75) is 6.54 Å². The van der Waals surface area contributed by atoms with Gasteiger partial charge in [0.2, 0.25) is 12.4 Å². The van der Waals surface area contributed by atoms with Crippen LogP contribution in [-0.2, 0) is 6.54 Å². The Bertz CT molecular complexity index is 5260. The van der Waals surface area contributed by atoms with Crippen LogP contribution < -0.4 is 19.5 Å². The Morgan fingerprint density at radius 3 is 1.43 bits per heavy atom. The van der Waals surface area contributed by atoms with E-state index in [1.807, 2.05) is 36.7 Å². The molecular formula is C74H47N6O4+. The monoisotopic (exact) mass is 1080 g/mol. The number of aromatic nitrogens is 3. The van der Waals surface area contributed by atoms with Crippen molar-refractivity contribution in [1.82, 2.24) is 9.97 Å². The van der Waals surface area contributed by atoms with Crippen LogP contribution >= 0.6 is 0 Å². The smallest absolute Gasteiger partial charge is 0.211 e. The molecule has 0 bridgehead atoms. The summed E-state index contributed by atoms with van der Waals surface area (Å²) in [5.74, 6) is 0.837. The molecule has 0 unspecified atom stereocenters. The Kier molecular flexibility index (Phi) is 10.7. The van der Waals surface area contributed by atoms with Crippen molar-refractivity contribution in [3.05, 3.63) is 279 Å². The Balaban J connectivity index is 0.709. The van der Waals surface area contributed by atoms with Crippen molar-refractivity contribution in [1.29, 1.82) is 0 Å². The van der Waals surface area contributed by atoms with Gasteiger partial charge in [-0.3, -0.25) is 9.97 Å². The highest BCUT2D eigenvalue weighted by molar-refractivity contribution is 6.09. The first kappa shape index (κ1) is 47.3. The number of furan rings is 4. The summed E-state index contributed by atoms with van der Waals surface area (Å²) in [6.45, 7) is 0.589. The van der Waals surface area contributed by atoms with Crippen LogP contribution in [0, 0.1) is 0 Å². The van der Waals surface area contributed by atoms with Crippen LogP contribution in [-0.4, -0.2) is 9.97 Å². The predicted octanol–water partition coefficient (Wildman–Crippen LogP) is 19.3. The third-order valence-corrected chi connectivity index (χ3v) is 16.4. The Labute approximate surface area is 480 Å². The molecule has 0 aliphatic carbocycles. The van der Waals surface area contributed by atoms with Gasteiger partial charge >= 0.3 is 0 Å². The maximum absolute atomic E-state index is 6.77. The van der Waals surface area contributed by atoms with Crippen LogP contribution in [0.25, 0.3) is 116 Å². The topological polar surface area (TPSA) is 91.9 Å². The van der Waals surface area contributed by atoms with Crippen LogP contribution in [0.3, 0.4) is 0 Å². The van der Waals surface area contributed by atoms with Gasteiger partial charge in [-0.05, 0) is 107 Å². The average molecular weight is 1080 g/mol. The third kappa shape index (κ3) is 7.91. The molecule has 16 aromatic rings. The summed E-state index contributed by atoms with van der Waals surface area (Å²) in [5.41, 5.74) is 19.3. The number of hydrogen-bond donors (Lipinski definition) is 0. The first-order valence-electron chi connectivity index (χ1n) is 28.0. The molecule has 10 nitrogen and oxygen atoms in total. The van der Waals surface area contributed by atoms with E-state index in [1.165, 1.54) is 16.7 Å². The lowest BCUT2D eigenvalue weighted by Crippen LogP contribution is -2.53. The Hall–Kier alpha value is -11.5. The zero-order valence-corrected chi connectivity index (χ0v) is 45.0. The zero-order chi connectivity index (χ0) is 55.2. The third-order valence-electron chi connectivity index (χ3n) is 16.4. The average Bonchev–Trinajstić information content (AvgIpc) is 2.64. The van der Waals surface area contributed by atoms with Gasteiger partial charge in [0.25, 0.3) is 0 Å². The quantitative estimate of drug-likeness (QED) is 0.124. The normalized spacial score (nSPS) is 12.4. The fourth-order valence-corrected chi connectivity index (χ4v) is 12.3. The largest absolute Gasteiger partial charge is 0.456 e. The standard InChI is InChI=1S/C74H47N6O4/c1-3-9-47(10-4-1)49-15-17-51(18-16-49)57-13-7-8-14-66(57)80(55-25-28-59-63-44-76-36-32-68(63)82-72(59)41-55)56-26-30-61-65-46-78(38-34-70(65)84-74(61)42-56)77-37-33-69-64(45-77)60-29-24-54(40-73(60)83-69)79(52-21-19-50(20-22-52)48-11-5-2-6-12-48)53-23-27-58-62-43-75-35-31-67(62)81-71(58)39-53/h1-44,46H,45H2/q+1. The molecule has 0 spiro atoms. The SMILES string of the molecule is C1=CN([n+]2ccc3oc4cc(N(c5ccc6c(c5)oc5ccncc56)c5ccccc5-c5ccc(-c6ccccc6)cc5)ccc4c3c2)Cc2c1oc1cc(N(c3ccc(-c4ccccc4)cc3)c3ccc4c(c3)oc3ccncc34)ccc21. The second-order valence-corrected chi connectivity index (χ2v) is 21.3. The first-order chi connectivity index (χ1) is 41.6. The fourth-order valence-electron chi connectivity index (χ4n) is 12.3. The molecule has 0 radical (unpaired) electrons. The highest BCUT2D eigenvalue weighted by Crippen LogP contribution is 2.46. The molecule has 0 atom stereocenters. The highest BCUT2D eigenvalue weighted by atomic mass is 16.3. The molecule has 0 fully saturated rings. The summed E-state index contributed by atoms with van der Waals surface area (Å²) in [6.07, 6.45) is 15.6. The minimum Gasteiger partial charge on any atom is -0.456 e. The number of anilines is 6. The summed E-state index contributed by atoms with van der Waals surface area (Å²) in [7, 11) is 0. The van der Waals surface area contributed by atoms with Gasteiger partial charge in [-0.1, -0.05) is 120 Å². The lowest BCUT2D eigenvalue weighted by atomic mass is 9.98. The van der Waals surface area contributed by atoms with Crippen molar-refractivity contribution in [3.8, 4) is 33.4 Å².